The molecule has 0 atom stereocenters. The van der Waals surface area contributed by atoms with Crippen molar-refractivity contribution in [1.82, 2.24) is 0 Å². The molecule has 0 heterocycles. The number of carbonyl (C=O) groups is 1. The third-order valence-electron chi connectivity index (χ3n) is 1.69. The third kappa shape index (κ3) is 2.88. The van der Waals surface area contributed by atoms with E-state index >= 15 is 0 Å². The molecule has 0 fully saturated rings. The van der Waals surface area contributed by atoms with Crippen LogP contribution in [0, 0.1) is 0 Å². The van der Waals surface area contributed by atoms with Gasteiger partial charge < -0.3 is 0 Å². The second kappa shape index (κ2) is 5.61. The van der Waals surface area contributed by atoms with Gasteiger partial charge >= 0.3 is 97.5 Å². The van der Waals surface area contributed by atoms with Gasteiger partial charge in [-0.05, 0) is 0 Å². The molecule has 72 valence electrons. The first-order valence-corrected chi connectivity index (χ1v) is 16.0. The molecule has 14 heavy (non-hydrogen) atoms. The maximum atomic E-state index is 10.7. The summed E-state index contributed by atoms with van der Waals surface area (Å²) in [5.74, 6) is -1.14. The zero-order valence-electron chi connectivity index (χ0n) is 7.86. The Balaban J connectivity index is 2.95. The number of carboxylic acid groups (broad SMARTS) is 1. The predicted octanol–water partition coefficient (Wildman–Crippen LogP) is 2.62. The molecule has 0 amide bonds. The zero-order chi connectivity index (χ0) is 10.6. The molecule has 0 saturated heterocycles. The Morgan fingerprint density at radius 3 is 2.86 bits per heavy atom. The van der Waals surface area contributed by atoms with Crippen molar-refractivity contribution >= 4 is 14.2 Å². The van der Waals surface area contributed by atoms with Gasteiger partial charge in [0.2, 0.25) is 0 Å². The van der Waals surface area contributed by atoms with Crippen molar-refractivity contribution < 1.29 is 38.1 Å². The van der Waals surface area contributed by atoms with Crippen LogP contribution in [-0.4, -0.2) is 16.2 Å². The van der Waals surface area contributed by atoms with Crippen LogP contribution in [-0.2, 0) is 23.1 Å². The topological polar surface area (TPSA) is 57.5 Å². The van der Waals surface area contributed by atoms with Gasteiger partial charge in [-0.25, -0.2) is 0 Å². The molecule has 3 nitrogen and oxygen atoms in total. The third-order valence-corrected chi connectivity index (χ3v) is 13.7. The molecule has 0 aromatic heterocycles. The van der Waals surface area contributed by atoms with Gasteiger partial charge in [0.15, 0.2) is 0 Å². The summed E-state index contributed by atoms with van der Waals surface area (Å²) in [5, 5.41) is 18.4. The number of benzene rings is 1. The summed E-state index contributed by atoms with van der Waals surface area (Å²) in [6.07, 6.45) is 0. The van der Waals surface area contributed by atoms with Gasteiger partial charge in [-0.3, -0.25) is 0 Å². The van der Waals surface area contributed by atoms with Crippen LogP contribution < -0.4 is 0 Å². The molecule has 0 bridgehead atoms. The van der Waals surface area contributed by atoms with Crippen LogP contribution in [0.1, 0.15) is 17.3 Å². The quantitative estimate of drug-likeness (QED) is 0.765. The minimum atomic E-state index is -1.07. The van der Waals surface area contributed by atoms with Crippen LogP contribution in [0.15, 0.2) is 23.1 Å². The molecule has 2 N–H and O–H groups in total. The number of hydrogen-bond acceptors (Lipinski definition) is 3. The van der Waals surface area contributed by atoms with E-state index in [0.717, 1.165) is 4.90 Å². The standard InChI is InChI=1S/C7H6O3S.C2H5.Hg/c8-6-4(7(9)10)2-1-3-5(6)11;1-2;/h1-3,8,11H,(H,9,10);1H2,2H3;/q;;+1/p-1. The van der Waals surface area contributed by atoms with Crippen molar-refractivity contribution in [3.63, 3.8) is 0 Å². The van der Waals surface area contributed by atoms with Gasteiger partial charge in [-0.2, -0.15) is 0 Å². The summed E-state index contributed by atoms with van der Waals surface area (Å²) in [6.45, 7) is 2.13. The fourth-order valence-corrected chi connectivity index (χ4v) is 9.53. The van der Waals surface area contributed by atoms with E-state index in [4.69, 9.17) is 5.11 Å². The number of para-hydroxylation sites is 1. The van der Waals surface area contributed by atoms with E-state index in [0.29, 0.717) is 0 Å². The Morgan fingerprint density at radius 1 is 1.57 bits per heavy atom. The molecule has 1 rings (SSSR count). The van der Waals surface area contributed by atoms with E-state index in [1.54, 1.807) is 20.4 Å². The van der Waals surface area contributed by atoms with Crippen molar-refractivity contribution in [2.75, 3.05) is 0 Å². The van der Waals surface area contributed by atoms with Crippen molar-refractivity contribution in [3.05, 3.63) is 23.8 Å². The molecule has 5 heteroatoms. The molecule has 0 radical (unpaired) electrons. The number of hydrogen-bond donors (Lipinski definition) is 2. The van der Waals surface area contributed by atoms with E-state index < -0.39 is 29.0 Å². The summed E-state index contributed by atoms with van der Waals surface area (Å²) in [6, 6.07) is 4.88. The molecule has 0 aliphatic heterocycles. The molecule has 0 aliphatic rings. The van der Waals surface area contributed by atoms with Crippen molar-refractivity contribution in [3.8, 4) is 5.75 Å². The van der Waals surface area contributed by atoms with Gasteiger partial charge in [-0.15, -0.1) is 0 Å². The van der Waals surface area contributed by atoms with Gasteiger partial charge in [0.05, 0.1) is 0 Å². The van der Waals surface area contributed by atoms with Crippen LogP contribution in [0.2, 0.25) is 3.93 Å². The molecule has 1 aromatic rings. The van der Waals surface area contributed by atoms with Crippen molar-refractivity contribution in [2.24, 2.45) is 0 Å². The Kier molecular flexibility index (Phi) is 4.74. The van der Waals surface area contributed by atoms with E-state index in [1.807, 2.05) is 0 Å². The molecular formula is C9H10HgO3S. The van der Waals surface area contributed by atoms with Crippen molar-refractivity contribution in [2.45, 2.75) is 15.7 Å². The normalized spacial score (nSPS) is 9.50. The van der Waals surface area contributed by atoms with Gasteiger partial charge in [0.1, 0.15) is 0 Å². The van der Waals surface area contributed by atoms with Crippen molar-refractivity contribution in [1.29, 1.82) is 0 Å². The van der Waals surface area contributed by atoms with Gasteiger partial charge in [0, 0.05) is 0 Å². The average molecular weight is 399 g/mol. The molecule has 1 aromatic carbocycles. The van der Waals surface area contributed by atoms with Crippen LogP contribution in [0.3, 0.4) is 0 Å². The Morgan fingerprint density at radius 2 is 2.29 bits per heavy atom. The minimum absolute atomic E-state index is 0.000460. The second-order valence-corrected chi connectivity index (χ2v) is 16.0. The fraction of sp³-hybridized carbons (Fsp3) is 0.222. The van der Waals surface area contributed by atoms with Crippen LogP contribution in [0.5, 0.6) is 5.75 Å². The van der Waals surface area contributed by atoms with Crippen LogP contribution in [0.25, 0.3) is 0 Å². The number of rotatable bonds is 4. The molecule has 0 unspecified atom stereocenters. The first-order valence-electron chi connectivity index (χ1n) is 4.35. The SMILES string of the molecule is C[CH2][Hg][S]c1cccc(C(=O)O)c1O. The van der Waals surface area contributed by atoms with Gasteiger partial charge in [0.25, 0.3) is 0 Å². The predicted molar refractivity (Wildman–Crippen MR) is 51.4 cm³/mol. The second-order valence-electron chi connectivity index (χ2n) is 2.81. The zero-order valence-corrected chi connectivity index (χ0v) is 14.2. The summed E-state index contributed by atoms with van der Waals surface area (Å²) < 4.78 is 1.21. The Bertz CT molecular complexity index is 341. The maximum absolute atomic E-state index is 10.7. The summed E-state index contributed by atoms with van der Waals surface area (Å²) >= 11 is -0.963. The number of carboxylic acids is 1. The van der Waals surface area contributed by atoms with E-state index in [1.165, 1.54) is 10.00 Å². The summed E-state index contributed by atoms with van der Waals surface area (Å²) in [4.78, 5) is 11.4. The first-order chi connectivity index (χ1) is 6.66. The van der Waals surface area contributed by atoms with E-state index in [-0.39, 0.29) is 11.3 Å². The van der Waals surface area contributed by atoms with Crippen LogP contribution in [0.4, 0.5) is 0 Å². The van der Waals surface area contributed by atoms with E-state index in [9.17, 15) is 9.90 Å². The molecule has 0 aliphatic carbocycles. The summed E-state index contributed by atoms with van der Waals surface area (Å²) in [5.41, 5.74) is -0.000460. The van der Waals surface area contributed by atoms with Crippen LogP contribution >= 0.6 is 8.24 Å². The summed E-state index contributed by atoms with van der Waals surface area (Å²) in [7, 11) is 1.69. The fourth-order valence-electron chi connectivity index (χ4n) is 1.02. The Labute approximate surface area is 97.1 Å². The molecule has 0 saturated carbocycles. The average Bonchev–Trinajstić information content (AvgIpc) is 2.16. The van der Waals surface area contributed by atoms with E-state index in [2.05, 4.69) is 6.92 Å². The van der Waals surface area contributed by atoms with Gasteiger partial charge in [-0.1, -0.05) is 0 Å². The number of aromatic hydroxyl groups is 1. The monoisotopic (exact) mass is 400 g/mol. The molecular weight excluding hydrogens is 389 g/mol. The number of aromatic carboxylic acids is 1. The number of phenols is 1. The molecule has 0 spiro atoms. The first kappa shape index (κ1) is 11.8. The Hall–Kier alpha value is -0.225.